The monoisotopic (exact) mass is 257 g/mol. The molecule has 0 saturated heterocycles. The quantitative estimate of drug-likeness (QED) is 0.859. The van der Waals surface area contributed by atoms with Gasteiger partial charge in [0.05, 0.1) is 6.54 Å². The molecule has 3 heteroatoms. The predicted octanol–water partition coefficient (Wildman–Crippen LogP) is 3.45. The lowest BCUT2D eigenvalue weighted by molar-refractivity contribution is 0.530. The van der Waals surface area contributed by atoms with Crippen LogP contribution in [0.4, 0.5) is 0 Å². The van der Waals surface area contributed by atoms with Crippen molar-refractivity contribution in [3.8, 4) is 0 Å². The van der Waals surface area contributed by atoms with Crippen molar-refractivity contribution in [2.45, 2.75) is 46.3 Å². The molecule has 3 nitrogen and oxygen atoms in total. The Hall–Kier alpha value is -1.61. The Morgan fingerprint density at radius 2 is 2.11 bits per heavy atom. The number of hydrogen-bond acceptors (Lipinski definition) is 2. The minimum Gasteiger partial charge on any atom is -0.334 e. The maximum Gasteiger partial charge on any atom is 0.122 e. The van der Waals surface area contributed by atoms with Crippen molar-refractivity contribution in [2.24, 2.45) is 0 Å². The molecule has 0 aliphatic heterocycles. The summed E-state index contributed by atoms with van der Waals surface area (Å²) in [6, 6.07) is 8.86. The average Bonchev–Trinajstić information content (AvgIpc) is 2.84. The second-order valence-corrected chi connectivity index (χ2v) is 5.00. The predicted molar refractivity (Wildman–Crippen MR) is 79.0 cm³/mol. The number of aromatic nitrogens is 2. The maximum absolute atomic E-state index is 4.42. The molecule has 1 N–H and O–H groups in total. The molecule has 0 amide bonds. The van der Waals surface area contributed by atoms with Crippen LogP contribution in [0.1, 0.15) is 43.3 Å². The van der Waals surface area contributed by atoms with E-state index in [1.807, 2.05) is 6.20 Å². The molecule has 0 unspecified atom stereocenters. The third-order valence-corrected chi connectivity index (χ3v) is 3.49. The Labute approximate surface area is 115 Å². The summed E-state index contributed by atoms with van der Waals surface area (Å²) < 4.78 is 2.22. The van der Waals surface area contributed by atoms with Crippen LogP contribution in [0.15, 0.2) is 36.7 Å². The van der Waals surface area contributed by atoms with E-state index >= 15 is 0 Å². The number of benzene rings is 1. The van der Waals surface area contributed by atoms with Crippen LogP contribution < -0.4 is 5.32 Å². The van der Waals surface area contributed by atoms with Crippen LogP contribution in [-0.2, 0) is 13.1 Å². The van der Waals surface area contributed by atoms with Crippen molar-refractivity contribution < 1.29 is 0 Å². The molecule has 1 aromatic heterocycles. The highest BCUT2D eigenvalue weighted by molar-refractivity contribution is 5.28. The molecule has 0 fully saturated rings. The van der Waals surface area contributed by atoms with Gasteiger partial charge >= 0.3 is 0 Å². The topological polar surface area (TPSA) is 29.9 Å². The summed E-state index contributed by atoms with van der Waals surface area (Å²) >= 11 is 0. The van der Waals surface area contributed by atoms with Gasteiger partial charge < -0.3 is 9.88 Å². The lowest BCUT2D eigenvalue weighted by Gasteiger charge is -2.16. The first-order valence-corrected chi connectivity index (χ1v) is 7.01. The molecule has 0 aliphatic rings. The summed E-state index contributed by atoms with van der Waals surface area (Å²) in [4.78, 5) is 4.42. The van der Waals surface area contributed by atoms with E-state index in [1.54, 1.807) is 0 Å². The fourth-order valence-corrected chi connectivity index (χ4v) is 2.38. The largest absolute Gasteiger partial charge is 0.334 e. The van der Waals surface area contributed by atoms with Crippen LogP contribution in [0.3, 0.4) is 0 Å². The average molecular weight is 257 g/mol. The van der Waals surface area contributed by atoms with Gasteiger partial charge in [-0.1, -0.05) is 31.2 Å². The molecule has 0 spiro atoms. The molecule has 0 saturated carbocycles. The van der Waals surface area contributed by atoms with Crippen molar-refractivity contribution in [3.63, 3.8) is 0 Å². The molecule has 19 heavy (non-hydrogen) atoms. The van der Waals surface area contributed by atoms with Gasteiger partial charge in [0.1, 0.15) is 5.82 Å². The normalized spacial score (nSPS) is 12.6. The van der Waals surface area contributed by atoms with E-state index in [4.69, 9.17) is 0 Å². The van der Waals surface area contributed by atoms with Gasteiger partial charge in [0.15, 0.2) is 0 Å². The zero-order valence-electron chi connectivity index (χ0n) is 12.1. The standard InChI is InChI=1S/C16H23N3/c1-4-10-19-11-9-17-16(19)12-18-14(3)15-8-6-5-7-13(15)2/h5-9,11,14,18H,4,10,12H2,1-3H3/t14-/m0/s1. The fraction of sp³-hybridized carbons (Fsp3) is 0.438. The minimum atomic E-state index is 0.341. The Morgan fingerprint density at radius 3 is 2.84 bits per heavy atom. The van der Waals surface area contributed by atoms with Crippen molar-refractivity contribution >= 4 is 0 Å². The molecule has 1 heterocycles. The lowest BCUT2D eigenvalue weighted by atomic mass is 10.0. The molecular weight excluding hydrogens is 234 g/mol. The molecule has 0 bridgehead atoms. The smallest absolute Gasteiger partial charge is 0.122 e. The van der Waals surface area contributed by atoms with Crippen LogP contribution in [0.5, 0.6) is 0 Å². The summed E-state index contributed by atoms with van der Waals surface area (Å²) in [7, 11) is 0. The number of imidazole rings is 1. The first-order valence-electron chi connectivity index (χ1n) is 7.01. The van der Waals surface area contributed by atoms with Crippen LogP contribution in [0.2, 0.25) is 0 Å². The maximum atomic E-state index is 4.42. The van der Waals surface area contributed by atoms with E-state index in [9.17, 15) is 0 Å². The first-order chi connectivity index (χ1) is 9.22. The summed E-state index contributed by atoms with van der Waals surface area (Å²) in [5, 5.41) is 3.56. The van der Waals surface area contributed by atoms with Crippen LogP contribution >= 0.6 is 0 Å². The van der Waals surface area contributed by atoms with E-state index in [-0.39, 0.29) is 0 Å². The van der Waals surface area contributed by atoms with Crippen LogP contribution in [-0.4, -0.2) is 9.55 Å². The minimum absolute atomic E-state index is 0.341. The summed E-state index contributed by atoms with van der Waals surface area (Å²) in [5.41, 5.74) is 2.69. The van der Waals surface area contributed by atoms with Gasteiger partial charge in [-0.05, 0) is 31.4 Å². The molecular formula is C16H23N3. The highest BCUT2D eigenvalue weighted by atomic mass is 15.1. The van der Waals surface area contributed by atoms with Gasteiger partial charge in [0.25, 0.3) is 0 Å². The highest BCUT2D eigenvalue weighted by Gasteiger charge is 2.09. The van der Waals surface area contributed by atoms with Crippen LogP contribution in [0.25, 0.3) is 0 Å². The van der Waals surface area contributed by atoms with Crippen molar-refractivity contribution in [3.05, 3.63) is 53.6 Å². The Kier molecular flexibility index (Phi) is 4.74. The molecule has 1 atom stereocenters. The molecule has 1 aromatic carbocycles. The molecule has 102 valence electrons. The van der Waals surface area contributed by atoms with E-state index in [1.165, 1.54) is 11.1 Å². The number of rotatable bonds is 6. The van der Waals surface area contributed by atoms with E-state index in [0.29, 0.717) is 6.04 Å². The summed E-state index contributed by atoms with van der Waals surface area (Å²) in [6.07, 6.45) is 5.07. The molecule has 0 aliphatic carbocycles. The summed E-state index contributed by atoms with van der Waals surface area (Å²) in [6.45, 7) is 8.40. The summed E-state index contributed by atoms with van der Waals surface area (Å²) in [5.74, 6) is 1.11. The van der Waals surface area contributed by atoms with Gasteiger partial charge in [0.2, 0.25) is 0 Å². The van der Waals surface area contributed by atoms with E-state index in [2.05, 4.69) is 66.1 Å². The number of hydrogen-bond donors (Lipinski definition) is 1. The molecule has 2 rings (SSSR count). The third kappa shape index (κ3) is 3.44. The van der Waals surface area contributed by atoms with Crippen molar-refractivity contribution in [1.82, 2.24) is 14.9 Å². The zero-order chi connectivity index (χ0) is 13.7. The van der Waals surface area contributed by atoms with Gasteiger partial charge in [-0.3, -0.25) is 0 Å². The Morgan fingerprint density at radius 1 is 1.32 bits per heavy atom. The van der Waals surface area contributed by atoms with Gasteiger partial charge in [-0.25, -0.2) is 4.98 Å². The second kappa shape index (κ2) is 6.53. The Bertz CT molecular complexity index is 516. The third-order valence-electron chi connectivity index (χ3n) is 3.49. The van der Waals surface area contributed by atoms with Crippen molar-refractivity contribution in [1.29, 1.82) is 0 Å². The first kappa shape index (κ1) is 13.8. The fourth-order valence-electron chi connectivity index (χ4n) is 2.38. The van der Waals surface area contributed by atoms with Gasteiger partial charge in [-0.2, -0.15) is 0 Å². The Balaban J connectivity index is 1.98. The highest BCUT2D eigenvalue weighted by Crippen LogP contribution is 2.17. The van der Waals surface area contributed by atoms with Crippen molar-refractivity contribution in [2.75, 3.05) is 0 Å². The zero-order valence-corrected chi connectivity index (χ0v) is 12.1. The van der Waals surface area contributed by atoms with Gasteiger partial charge in [0, 0.05) is 25.0 Å². The molecule has 0 radical (unpaired) electrons. The molecule has 2 aromatic rings. The lowest BCUT2D eigenvalue weighted by Crippen LogP contribution is -2.21. The second-order valence-electron chi connectivity index (χ2n) is 5.00. The van der Waals surface area contributed by atoms with Crippen LogP contribution in [0, 0.1) is 6.92 Å². The number of nitrogens with one attached hydrogen (secondary N) is 1. The van der Waals surface area contributed by atoms with Gasteiger partial charge in [-0.15, -0.1) is 0 Å². The number of aryl methyl sites for hydroxylation is 2. The van der Waals surface area contributed by atoms with E-state index in [0.717, 1.165) is 25.3 Å². The van der Waals surface area contributed by atoms with E-state index < -0.39 is 0 Å². The SMILES string of the molecule is CCCn1ccnc1CN[C@@H](C)c1ccccc1C. The number of nitrogens with zero attached hydrogens (tertiary/aromatic N) is 2.